The van der Waals surface area contributed by atoms with E-state index in [1.54, 1.807) is 24.4 Å². The molecule has 0 fully saturated rings. The van der Waals surface area contributed by atoms with Crippen LogP contribution in [0.3, 0.4) is 0 Å². The van der Waals surface area contributed by atoms with Crippen molar-refractivity contribution in [2.24, 2.45) is 5.84 Å². The van der Waals surface area contributed by atoms with Crippen LogP contribution in [-0.2, 0) is 0 Å². The van der Waals surface area contributed by atoms with Crippen molar-refractivity contribution in [2.45, 2.75) is 0 Å². The molecular formula is C17H11BrN6O2. The zero-order valence-electron chi connectivity index (χ0n) is 13.2. The summed E-state index contributed by atoms with van der Waals surface area (Å²) in [6, 6.07) is 15.2. The summed E-state index contributed by atoms with van der Waals surface area (Å²) in [6.45, 7) is 0. The van der Waals surface area contributed by atoms with E-state index in [1.165, 1.54) is 12.1 Å². The predicted molar refractivity (Wildman–Crippen MR) is 99.5 cm³/mol. The smallest absolute Gasteiger partial charge is 0.258 e. The lowest BCUT2D eigenvalue weighted by Gasteiger charge is -2.11. The van der Waals surface area contributed by atoms with Crippen molar-refractivity contribution in [1.29, 1.82) is 5.26 Å². The van der Waals surface area contributed by atoms with Crippen LogP contribution in [-0.4, -0.2) is 14.9 Å². The van der Waals surface area contributed by atoms with Crippen molar-refractivity contribution in [1.82, 2.24) is 9.97 Å². The van der Waals surface area contributed by atoms with Gasteiger partial charge in [-0.05, 0) is 30.3 Å². The van der Waals surface area contributed by atoms with Gasteiger partial charge in [-0.1, -0.05) is 28.1 Å². The molecule has 0 spiro atoms. The van der Waals surface area contributed by atoms with Crippen LogP contribution in [0, 0.1) is 21.6 Å². The van der Waals surface area contributed by atoms with Gasteiger partial charge in [-0.25, -0.2) is 15.8 Å². The Balaban J connectivity index is 2.12. The molecule has 0 unspecified atom stereocenters. The normalized spacial score (nSPS) is 10.2. The van der Waals surface area contributed by atoms with E-state index in [4.69, 9.17) is 11.1 Å². The highest BCUT2D eigenvalue weighted by molar-refractivity contribution is 9.10. The minimum Gasteiger partial charge on any atom is -0.258 e. The molecule has 1 heterocycles. The fraction of sp³-hybridized carbons (Fsp3) is 0. The van der Waals surface area contributed by atoms with Gasteiger partial charge in [0.25, 0.3) is 11.6 Å². The Hall–Kier alpha value is -3.35. The Morgan fingerprint density at radius 3 is 2.00 bits per heavy atom. The predicted octanol–water partition coefficient (Wildman–Crippen LogP) is 3.64. The Morgan fingerprint density at radius 1 is 1.04 bits per heavy atom. The van der Waals surface area contributed by atoms with Gasteiger partial charge < -0.3 is 0 Å². The average Bonchev–Trinajstić information content (AvgIpc) is 2.67. The molecule has 1 aromatic heterocycles. The molecule has 2 aromatic carbocycles. The van der Waals surface area contributed by atoms with Gasteiger partial charge >= 0.3 is 0 Å². The van der Waals surface area contributed by atoms with Crippen LogP contribution < -0.4 is 10.9 Å². The maximum atomic E-state index is 10.8. The van der Waals surface area contributed by atoms with Crippen LogP contribution in [0.1, 0.15) is 0 Å². The summed E-state index contributed by atoms with van der Waals surface area (Å²) in [5.74, 6) is 5.66. The summed E-state index contributed by atoms with van der Waals surface area (Å²) in [5.41, 5.74) is 2.50. The molecule has 0 bridgehead atoms. The Morgan fingerprint density at radius 2 is 1.54 bits per heavy atom. The number of nitro benzene ring substituents is 1. The van der Waals surface area contributed by atoms with Crippen LogP contribution in [0.4, 0.5) is 11.6 Å². The number of halogens is 1. The van der Waals surface area contributed by atoms with Gasteiger partial charge in [-0.3, -0.25) is 10.1 Å². The number of non-ortho nitro benzene ring substituents is 1. The number of aromatic nitrogens is 2. The quantitative estimate of drug-likeness (QED) is 0.229. The van der Waals surface area contributed by atoms with E-state index in [0.29, 0.717) is 17.0 Å². The van der Waals surface area contributed by atoms with Gasteiger partial charge in [0, 0.05) is 27.7 Å². The van der Waals surface area contributed by atoms with Crippen molar-refractivity contribution < 1.29 is 4.92 Å². The van der Waals surface area contributed by atoms with Crippen molar-refractivity contribution in [3.05, 3.63) is 69.2 Å². The molecule has 0 aliphatic rings. The van der Waals surface area contributed by atoms with Crippen molar-refractivity contribution >= 4 is 27.6 Å². The maximum absolute atomic E-state index is 10.8. The SMILES string of the molecule is N#CN(N)c1nc(-c2ccc(Br)cc2)cc(-c2ccc([N+](=O)[O-])cc2)n1. The van der Waals surface area contributed by atoms with Gasteiger partial charge in [0.2, 0.25) is 6.19 Å². The first-order valence-electron chi connectivity index (χ1n) is 7.32. The first-order chi connectivity index (χ1) is 12.5. The van der Waals surface area contributed by atoms with Crippen LogP contribution >= 0.6 is 15.9 Å². The van der Waals surface area contributed by atoms with Gasteiger partial charge in [0.05, 0.1) is 16.3 Å². The third kappa shape index (κ3) is 3.66. The van der Waals surface area contributed by atoms with E-state index >= 15 is 0 Å². The second kappa shape index (κ2) is 7.26. The highest BCUT2D eigenvalue weighted by Crippen LogP contribution is 2.27. The highest BCUT2D eigenvalue weighted by atomic mass is 79.9. The zero-order chi connectivity index (χ0) is 18.7. The Bertz CT molecular complexity index is 999. The summed E-state index contributed by atoms with van der Waals surface area (Å²) < 4.78 is 0.920. The summed E-state index contributed by atoms with van der Waals surface area (Å²) in [6.07, 6.45) is 1.76. The summed E-state index contributed by atoms with van der Waals surface area (Å²) in [4.78, 5) is 18.9. The fourth-order valence-corrected chi connectivity index (χ4v) is 2.52. The first kappa shape index (κ1) is 17.5. The lowest BCUT2D eigenvalue weighted by molar-refractivity contribution is -0.384. The molecule has 9 heteroatoms. The molecule has 0 saturated carbocycles. The summed E-state index contributed by atoms with van der Waals surface area (Å²) in [7, 11) is 0. The molecule has 3 rings (SSSR count). The van der Waals surface area contributed by atoms with Gasteiger partial charge in [0.1, 0.15) is 0 Å². The molecule has 0 aliphatic carbocycles. The molecule has 0 atom stereocenters. The maximum Gasteiger partial charge on any atom is 0.269 e. The minimum absolute atomic E-state index is 0.0198. The summed E-state index contributed by atoms with van der Waals surface area (Å²) in [5, 5.41) is 20.6. The van der Waals surface area contributed by atoms with E-state index in [1.807, 2.05) is 24.3 Å². The lowest BCUT2D eigenvalue weighted by Crippen LogP contribution is -2.26. The number of nitrogens with two attached hydrogens (primary N) is 1. The van der Waals surface area contributed by atoms with Crippen LogP contribution in [0.5, 0.6) is 0 Å². The van der Waals surface area contributed by atoms with Crippen LogP contribution in [0.25, 0.3) is 22.5 Å². The Kier molecular flexibility index (Phi) is 4.88. The number of nitro groups is 1. The molecule has 128 valence electrons. The van der Waals surface area contributed by atoms with Crippen molar-refractivity contribution in [3.63, 3.8) is 0 Å². The van der Waals surface area contributed by atoms with Gasteiger partial charge in [-0.2, -0.15) is 10.3 Å². The second-order valence-electron chi connectivity index (χ2n) is 5.22. The molecule has 3 aromatic rings. The fourth-order valence-electron chi connectivity index (χ4n) is 2.26. The third-order valence-electron chi connectivity index (χ3n) is 3.55. The minimum atomic E-state index is -0.472. The van der Waals surface area contributed by atoms with E-state index in [9.17, 15) is 10.1 Å². The standard InChI is InChI=1S/C17H11BrN6O2/c18-13-5-1-11(2-6-13)15-9-16(22-17(21-15)23(20)10-19)12-3-7-14(8-4-12)24(25)26/h1-9H,20H2. The molecule has 26 heavy (non-hydrogen) atoms. The Labute approximate surface area is 156 Å². The van der Waals surface area contributed by atoms with Crippen LogP contribution in [0.15, 0.2) is 59.1 Å². The third-order valence-corrected chi connectivity index (χ3v) is 4.08. The number of benzene rings is 2. The number of anilines is 1. The number of nitrogens with zero attached hydrogens (tertiary/aromatic N) is 5. The molecule has 0 saturated heterocycles. The second-order valence-corrected chi connectivity index (χ2v) is 6.13. The first-order valence-corrected chi connectivity index (χ1v) is 8.11. The zero-order valence-corrected chi connectivity index (χ0v) is 14.8. The van der Waals surface area contributed by atoms with E-state index in [2.05, 4.69) is 25.9 Å². The number of nitriles is 1. The number of rotatable bonds is 4. The molecule has 0 radical (unpaired) electrons. The van der Waals surface area contributed by atoms with Crippen molar-refractivity contribution in [3.8, 4) is 28.7 Å². The van der Waals surface area contributed by atoms with Crippen LogP contribution in [0.2, 0.25) is 0 Å². The largest absolute Gasteiger partial charge is 0.269 e. The molecular weight excluding hydrogens is 400 g/mol. The van der Waals surface area contributed by atoms with E-state index < -0.39 is 4.92 Å². The molecule has 2 N–H and O–H groups in total. The van der Waals surface area contributed by atoms with E-state index in [-0.39, 0.29) is 11.6 Å². The van der Waals surface area contributed by atoms with E-state index in [0.717, 1.165) is 15.0 Å². The molecule has 0 aliphatic heterocycles. The molecule has 0 amide bonds. The topological polar surface area (TPSA) is 122 Å². The van der Waals surface area contributed by atoms with Gasteiger partial charge in [0.15, 0.2) is 0 Å². The number of hydrogen-bond acceptors (Lipinski definition) is 7. The number of hydrazine groups is 1. The average molecular weight is 411 g/mol. The highest BCUT2D eigenvalue weighted by Gasteiger charge is 2.13. The monoisotopic (exact) mass is 410 g/mol. The molecule has 8 nitrogen and oxygen atoms in total. The lowest BCUT2D eigenvalue weighted by atomic mass is 10.1. The van der Waals surface area contributed by atoms with Gasteiger partial charge in [-0.15, -0.1) is 0 Å². The summed E-state index contributed by atoms with van der Waals surface area (Å²) >= 11 is 3.38. The number of hydrogen-bond donors (Lipinski definition) is 1. The van der Waals surface area contributed by atoms with Crippen molar-refractivity contribution in [2.75, 3.05) is 5.01 Å².